The van der Waals surface area contributed by atoms with Crippen molar-refractivity contribution in [3.8, 4) is 0 Å². The summed E-state index contributed by atoms with van der Waals surface area (Å²) in [4.78, 5) is 14.7. The summed E-state index contributed by atoms with van der Waals surface area (Å²) in [5.41, 5.74) is -0.182. The summed E-state index contributed by atoms with van der Waals surface area (Å²) in [7, 11) is 0. The molecule has 3 rings (SSSR count). The Bertz CT molecular complexity index is 582. The molecule has 1 aromatic heterocycles. The van der Waals surface area contributed by atoms with E-state index < -0.39 is 5.60 Å². The second-order valence-electron chi connectivity index (χ2n) is 8.03. The SMILES string of the molecule is CCn1cc(CNC[C@]2(O)CCCN(CCC3CCCCC3)C2=O)cn1. The highest BCUT2D eigenvalue weighted by atomic mass is 16.3. The number of rotatable bonds is 8. The van der Waals surface area contributed by atoms with Gasteiger partial charge in [0.05, 0.1) is 6.20 Å². The monoisotopic (exact) mass is 362 g/mol. The number of likely N-dealkylation sites (tertiary alicyclic amines) is 1. The summed E-state index contributed by atoms with van der Waals surface area (Å²) in [6.45, 7) is 5.42. The van der Waals surface area contributed by atoms with E-state index in [1.807, 2.05) is 22.0 Å². The second kappa shape index (κ2) is 9.00. The molecule has 1 aliphatic carbocycles. The van der Waals surface area contributed by atoms with Gasteiger partial charge < -0.3 is 15.3 Å². The van der Waals surface area contributed by atoms with Crippen LogP contribution in [0.4, 0.5) is 0 Å². The molecule has 1 aromatic rings. The van der Waals surface area contributed by atoms with Crippen LogP contribution < -0.4 is 5.32 Å². The van der Waals surface area contributed by atoms with E-state index in [4.69, 9.17) is 0 Å². The average molecular weight is 363 g/mol. The first-order chi connectivity index (χ1) is 12.6. The number of nitrogens with one attached hydrogen (secondary N) is 1. The van der Waals surface area contributed by atoms with Crippen molar-refractivity contribution >= 4 is 5.91 Å². The van der Waals surface area contributed by atoms with Crippen LogP contribution in [0.1, 0.15) is 63.9 Å². The smallest absolute Gasteiger partial charge is 0.255 e. The van der Waals surface area contributed by atoms with Gasteiger partial charge in [-0.1, -0.05) is 32.1 Å². The molecule has 6 nitrogen and oxygen atoms in total. The van der Waals surface area contributed by atoms with E-state index in [1.165, 1.54) is 32.1 Å². The van der Waals surface area contributed by atoms with Crippen molar-refractivity contribution in [3.63, 3.8) is 0 Å². The Hall–Kier alpha value is -1.40. The number of amides is 1. The Balaban J connectivity index is 1.46. The van der Waals surface area contributed by atoms with Gasteiger partial charge in [-0.3, -0.25) is 9.48 Å². The molecular formula is C20H34N4O2. The minimum Gasteiger partial charge on any atom is -0.379 e. The average Bonchev–Trinajstić information content (AvgIpc) is 3.12. The number of hydrogen-bond donors (Lipinski definition) is 2. The topological polar surface area (TPSA) is 70.4 Å². The molecule has 2 fully saturated rings. The van der Waals surface area contributed by atoms with Gasteiger partial charge in [0.2, 0.25) is 0 Å². The van der Waals surface area contributed by atoms with Crippen molar-refractivity contribution in [2.75, 3.05) is 19.6 Å². The van der Waals surface area contributed by atoms with Gasteiger partial charge in [-0.25, -0.2) is 0 Å². The van der Waals surface area contributed by atoms with Crippen LogP contribution in [0.3, 0.4) is 0 Å². The second-order valence-corrected chi connectivity index (χ2v) is 8.03. The summed E-state index contributed by atoms with van der Waals surface area (Å²) < 4.78 is 1.88. The number of nitrogens with zero attached hydrogens (tertiary/aromatic N) is 3. The van der Waals surface area contributed by atoms with Gasteiger partial charge in [-0.15, -0.1) is 0 Å². The number of piperidine rings is 1. The van der Waals surface area contributed by atoms with Crippen molar-refractivity contribution < 1.29 is 9.90 Å². The maximum Gasteiger partial charge on any atom is 0.255 e. The van der Waals surface area contributed by atoms with Gasteiger partial charge in [-0.05, 0) is 32.1 Å². The van der Waals surface area contributed by atoms with Crippen LogP contribution in [0.15, 0.2) is 12.4 Å². The fourth-order valence-electron chi connectivity index (χ4n) is 4.34. The number of carbonyl (C=O) groups is 1. The lowest BCUT2D eigenvalue weighted by atomic mass is 9.86. The molecule has 2 heterocycles. The zero-order chi connectivity index (χ0) is 18.4. The Morgan fingerprint density at radius 1 is 1.31 bits per heavy atom. The highest BCUT2D eigenvalue weighted by Gasteiger charge is 2.41. The molecule has 0 bridgehead atoms. The predicted octanol–water partition coefficient (Wildman–Crippen LogP) is 2.32. The van der Waals surface area contributed by atoms with E-state index in [1.54, 1.807) is 0 Å². The van der Waals surface area contributed by atoms with Crippen molar-refractivity contribution in [1.82, 2.24) is 20.0 Å². The van der Waals surface area contributed by atoms with Crippen LogP contribution in [0.25, 0.3) is 0 Å². The molecule has 2 aliphatic rings. The third-order valence-corrected chi connectivity index (χ3v) is 5.99. The molecule has 0 radical (unpaired) electrons. The molecular weight excluding hydrogens is 328 g/mol. The zero-order valence-electron chi connectivity index (χ0n) is 16.1. The number of aromatic nitrogens is 2. The van der Waals surface area contributed by atoms with Crippen LogP contribution in [0.2, 0.25) is 0 Å². The molecule has 6 heteroatoms. The van der Waals surface area contributed by atoms with E-state index >= 15 is 0 Å². The molecule has 1 amide bonds. The van der Waals surface area contributed by atoms with E-state index in [9.17, 15) is 9.90 Å². The molecule has 0 unspecified atom stereocenters. The first-order valence-electron chi connectivity index (χ1n) is 10.3. The highest BCUT2D eigenvalue weighted by molar-refractivity contribution is 5.86. The standard InChI is InChI=1S/C20H34N4O2/c1-2-24-15-18(14-22-24)13-21-16-20(26)10-6-11-23(19(20)25)12-9-17-7-4-3-5-8-17/h14-15,17,21,26H,2-13,16H2,1H3/t20-/m1/s1. The predicted molar refractivity (Wildman–Crippen MR) is 102 cm³/mol. The largest absolute Gasteiger partial charge is 0.379 e. The lowest BCUT2D eigenvalue weighted by Gasteiger charge is -2.39. The fraction of sp³-hybridized carbons (Fsp3) is 0.800. The maximum absolute atomic E-state index is 12.8. The molecule has 146 valence electrons. The summed E-state index contributed by atoms with van der Waals surface area (Å²) in [5.74, 6) is 0.677. The Morgan fingerprint density at radius 2 is 2.12 bits per heavy atom. The summed E-state index contributed by atoms with van der Waals surface area (Å²) >= 11 is 0. The van der Waals surface area contributed by atoms with Crippen LogP contribution >= 0.6 is 0 Å². The van der Waals surface area contributed by atoms with Gasteiger partial charge in [-0.2, -0.15) is 5.10 Å². The molecule has 1 aliphatic heterocycles. The van der Waals surface area contributed by atoms with Crippen molar-refractivity contribution in [1.29, 1.82) is 0 Å². The normalized spacial score (nSPS) is 25.0. The molecule has 26 heavy (non-hydrogen) atoms. The van der Waals surface area contributed by atoms with Crippen LogP contribution in [-0.2, 0) is 17.9 Å². The summed E-state index contributed by atoms with van der Waals surface area (Å²) in [6.07, 6.45) is 13.0. The highest BCUT2D eigenvalue weighted by Crippen LogP contribution is 2.28. The number of carbonyl (C=O) groups excluding carboxylic acids is 1. The maximum atomic E-state index is 12.8. The van der Waals surface area contributed by atoms with Gasteiger partial charge in [0.25, 0.3) is 5.91 Å². The van der Waals surface area contributed by atoms with Gasteiger partial charge in [0, 0.05) is 44.5 Å². The molecule has 0 spiro atoms. The van der Waals surface area contributed by atoms with E-state index in [0.29, 0.717) is 19.5 Å². The third-order valence-electron chi connectivity index (χ3n) is 5.99. The Labute approximate surface area is 156 Å². The number of hydrogen-bond acceptors (Lipinski definition) is 4. The molecule has 1 saturated heterocycles. The van der Waals surface area contributed by atoms with Crippen molar-refractivity contribution in [2.45, 2.75) is 77.0 Å². The Kier molecular flexibility index (Phi) is 6.70. The van der Waals surface area contributed by atoms with Crippen molar-refractivity contribution in [3.05, 3.63) is 18.0 Å². The van der Waals surface area contributed by atoms with Crippen LogP contribution in [0.5, 0.6) is 0 Å². The third kappa shape index (κ3) is 4.86. The molecule has 1 saturated carbocycles. The number of aliphatic hydroxyl groups is 1. The molecule has 2 N–H and O–H groups in total. The summed E-state index contributed by atoms with van der Waals surface area (Å²) in [5, 5.41) is 18.4. The van der Waals surface area contributed by atoms with E-state index in [-0.39, 0.29) is 5.91 Å². The first-order valence-corrected chi connectivity index (χ1v) is 10.3. The molecule has 1 atom stereocenters. The van der Waals surface area contributed by atoms with Gasteiger partial charge >= 0.3 is 0 Å². The fourth-order valence-corrected chi connectivity index (χ4v) is 4.34. The van der Waals surface area contributed by atoms with Gasteiger partial charge in [0.15, 0.2) is 5.60 Å². The zero-order valence-corrected chi connectivity index (χ0v) is 16.1. The number of aryl methyl sites for hydroxylation is 1. The lowest BCUT2D eigenvalue weighted by molar-refractivity contribution is -0.156. The minimum atomic E-state index is -1.26. The minimum absolute atomic E-state index is 0.0867. The summed E-state index contributed by atoms with van der Waals surface area (Å²) in [6, 6.07) is 0. The first kappa shape index (κ1) is 19.4. The van der Waals surface area contributed by atoms with Crippen LogP contribution in [0, 0.1) is 5.92 Å². The lowest BCUT2D eigenvalue weighted by Crippen LogP contribution is -2.58. The Morgan fingerprint density at radius 3 is 2.85 bits per heavy atom. The quantitative estimate of drug-likeness (QED) is 0.745. The molecule has 0 aromatic carbocycles. The van der Waals surface area contributed by atoms with Crippen LogP contribution in [-0.4, -0.2) is 50.9 Å². The van der Waals surface area contributed by atoms with Crippen molar-refractivity contribution in [2.24, 2.45) is 5.92 Å². The van der Waals surface area contributed by atoms with E-state index in [0.717, 1.165) is 44.0 Å². The van der Waals surface area contributed by atoms with Gasteiger partial charge in [0.1, 0.15) is 0 Å². The van der Waals surface area contributed by atoms with E-state index in [2.05, 4.69) is 17.3 Å².